The number of aryl methyl sites for hydroxylation is 2. The molecule has 164 valence electrons. The van der Waals surface area contributed by atoms with E-state index in [-0.39, 0.29) is 60.6 Å². The molecule has 1 amide bonds. The standard InChI is InChI=1S/C23H22FN5O3.Li/c1-13-7-15(3-5-17(13)23(31)32)10-26-21(25)19-9-20(29-12-28-19)22(30)27-11-16-4-6-18(24)14(2)8-16;/h3-9,12H,10-11H2,1-2H3,(H4,25,26,27,30,31,32);/q;+1/p-1. The van der Waals surface area contributed by atoms with E-state index in [9.17, 15) is 14.0 Å². The van der Waals surface area contributed by atoms with Crippen LogP contribution in [0.3, 0.4) is 0 Å². The number of aromatic nitrogens is 2. The van der Waals surface area contributed by atoms with Gasteiger partial charge in [0.2, 0.25) is 0 Å². The molecule has 0 aliphatic rings. The van der Waals surface area contributed by atoms with Crippen molar-refractivity contribution in [2.75, 3.05) is 0 Å². The fraction of sp³-hybridized carbons (Fsp3) is 0.174. The van der Waals surface area contributed by atoms with Crippen molar-refractivity contribution in [3.63, 3.8) is 0 Å². The molecule has 0 aliphatic heterocycles. The van der Waals surface area contributed by atoms with Gasteiger partial charge < -0.3 is 21.0 Å². The second-order valence-corrected chi connectivity index (χ2v) is 7.15. The average Bonchev–Trinajstić information content (AvgIpc) is 2.78. The average molecular weight is 441 g/mol. The quantitative estimate of drug-likeness (QED) is 0.313. The Morgan fingerprint density at radius 1 is 1.03 bits per heavy atom. The van der Waals surface area contributed by atoms with Crippen molar-refractivity contribution in [1.29, 1.82) is 0 Å². The first kappa shape index (κ1) is 25.7. The fourth-order valence-corrected chi connectivity index (χ4v) is 2.99. The first-order chi connectivity index (χ1) is 15.2. The van der Waals surface area contributed by atoms with Crippen molar-refractivity contribution in [2.45, 2.75) is 26.9 Å². The van der Waals surface area contributed by atoms with Crippen LogP contribution < -0.4 is 24.6 Å². The largest absolute Gasteiger partial charge is 1.00 e. The number of aliphatic imine (C=N–C) groups is 1. The van der Waals surface area contributed by atoms with Crippen molar-refractivity contribution >= 4 is 17.7 Å². The Kier molecular flexibility index (Phi) is 8.85. The minimum absolute atomic E-state index is 0. The number of rotatable bonds is 7. The third-order valence-electron chi connectivity index (χ3n) is 4.73. The Labute approximate surface area is 202 Å². The zero-order chi connectivity index (χ0) is 23.3. The Morgan fingerprint density at radius 3 is 2.36 bits per heavy atom. The van der Waals surface area contributed by atoms with Crippen LogP contribution in [-0.4, -0.2) is 32.8 Å². The van der Waals surface area contributed by atoms with Crippen molar-refractivity contribution in [3.05, 3.63) is 99.1 Å². The third kappa shape index (κ3) is 6.72. The van der Waals surface area contributed by atoms with E-state index >= 15 is 0 Å². The van der Waals surface area contributed by atoms with Gasteiger partial charge in [0.1, 0.15) is 29.6 Å². The Morgan fingerprint density at radius 2 is 1.70 bits per heavy atom. The summed E-state index contributed by atoms with van der Waals surface area (Å²) in [5, 5.41) is 13.1. The number of carbonyl (C=O) groups is 2. The van der Waals surface area contributed by atoms with Gasteiger partial charge in [-0.1, -0.05) is 29.8 Å². The second kappa shape index (κ2) is 11.4. The minimum atomic E-state index is -0.991. The number of halogens is 1. The number of amides is 1. The van der Waals surface area contributed by atoms with E-state index in [1.807, 2.05) is 0 Å². The normalized spacial score (nSPS) is 10.9. The molecule has 2 aromatic carbocycles. The molecule has 0 aliphatic carbocycles. The molecular formula is C23H21FLiN5O3. The van der Waals surface area contributed by atoms with Crippen LogP contribution in [0.15, 0.2) is 53.8 Å². The summed E-state index contributed by atoms with van der Waals surface area (Å²) in [6.07, 6.45) is 1.20. The number of carboxylic acids is 1. The molecule has 1 heterocycles. The van der Waals surface area contributed by atoms with Gasteiger partial charge >= 0.3 is 24.8 Å². The fourth-order valence-electron chi connectivity index (χ4n) is 2.99. The number of nitrogens with two attached hydrogens (primary N) is 1. The molecule has 0 radical (unpaired) electrons. The number of carbonyl (C=O) groups excluding carboxylic acids is 1. The summed E-state index contributed by atoms with van der Waals surface area (Å²) in [6.45, 7) is 3.66. The summed E-state index contributed by atoms with van der Waals surface area (Å²) in [4.78, 5) is 35.8. The molecule has 3 rings (SSSR count). The van der Waals surface area contributed by atoms with Crippen LogP contribution in [0.1, 0.15) is 48.8 Å². The molecule has 0 saturated carbocycles. The zero-order valence-electron chi connectivity index (χ0n) is 18.5. The number of hydrogen-bond acceptors (Lipinski definition) is 5. The maximum absolute atomic E-state index is 13.4. The van der Waals surface area contributed by atoms with Crippen molar-refractivity contribution in [2.24, 2.45) is 10.7 Å². The molecular weight excluding hydrogens is 420 g/mol. The van der Waals surface area contributed by atoms with Crippen LogP contribution >= 0.6 is 0 Å². The van der Waals surface area contributed by atoms with Crippen LogP contribution in [-0.2, 0) is 13.1 Å². The summed E-state index contributed by atoms with van der Waals surface area (Å²) in [5.74, 6) is -1.75. The molecule has 8 nitrogen and oxygen atoms in total. The van der Waals surface area contributed by atoms with Crippen LogP contribution in [0.25, 0.3) is 5.32 Å². The molecule has 0 unspecified atom stereocenters. The SMILES string of the molecule is Cc1cc(C[N-]C(=O)c2cc(C(N)=NCc3ccc(C(=O)O)c(C)c3)ncn2)ccc1F.[Li+]. The zero-order valence-corrected chi connectivity index (χ0v) is 18.5. The number of carboxylic acid groups (broad SMARTS) is 1. The number of amidine groups is 1. The summed E-state index contributed by atoms with van der Waals surface area (Å²) < 4.78 is 13.4. The van der Waals surface area contributed by atoms with Gasteiger partial charge in [-0.15, -0.1) is 6.54 Å². The smallest absolute Gasteiger partial charge is 0.644 e. The molecule has 1 aromatic heterocycles. The summed E-state index contributed by atoms with van der Waals surface area (Å²) >= 11 is 0. The first-order valence-electron chi connectivity index (χ1n) is 9.66. The van der Waals surface area contributed by atoms with Crippen LogP contribution in [0.2, 0.25) is 0 Å². The molecule has 3 N–H and O–H groups in total. The number of hydrogen-bond donors (Lipinski definition) is 2. The van der Waals surface area contributed by atoms with Gasteiger partial charge in [0.15, 0.2) is 0 Å². The molecule has 0 bridgehead atoms. The minimum Gasteiger partial charge on any atom is -0.644 e. The van der Waals surface area contributed by atoms with Gasteiger partial charge in [0, 0.05) is 0 Å². The van der Waals surface area contributed by atoms with E-state index in [4.69, 9.17) is 10.8 Å². The summed E-state index contributed by atoms with van der Waals surface area (Å²) in [7, 11) is 0. The second-order valence-electron chi connectivity index (χ2n) is 7.15. The Bertz CT molecular complexity index is 1220. The van der Waals surface area contributed by atoms with Crippen LogP contribution in [0.5, 0.6) is 0 Å². The van der Waals surface area contributed by atoms with E-state index in [0.29, 0.717) is 16.7 Å². The van der Waals surface area contributed by atoms with Gasteiger partial charge in [0.05, 0.1) is 17.8 Å². The van der Waals surface area contributed by atoms with Crippen LogP contribution in [0, 0.1) is 19.7 Å². The molecule has 0 fully saturated rings. The maximum atomic E-state index is 13.4. The van der Waals surface area contributed by atoms with Gasteiger partial charge in [0.25, 0.3) is 0 Å². The molecule has 33 heavy (non-hydrogen) atoms. The summed E-state index contributed by atoms with van der Waals surface area (Å²) in [5.41, 5.74) is 9.16. The van der Waals surface area contributed by atoms with Crippen molar-refractivity contribution in [3.8, 4) is 0 Å². The van der Waals surface area contributed by atoms with Gasteiger partial charge in [-0.3, -0.25) is 4.99 Å². The van der Waals surface area contributed by atoms with Gasteiger partial charge in [-0.25, -0.2) is 19.2 Å². The maximum Gasteiger partial charge on any atom is 1.00 e. The molecule has 0 atom stereocenters. The Balaban J connectivity index is 0.00000385. The van der Waals surface area contributed by atoms with E-state index < -0.39 is 11.9 Å². The van der Waals surface area contributed by atoms with E-state index in [1.54, 1.807) is 38.1 Å². The predicted octanol–water partition coefficient (Wildman–Crippen LogP) is 0.554. The number of benzene rings is 2. The first-order valence-corrected chi connectivity index (χ1v) is 9.66. The summed E-state index contributed by atoms with van der Waals surface area (Å²) in [6, 6.07) is 10.8. The van der Waals surface area contributed by atoms with Crippen molar-refractivity contribution in [1.82, 2.24) is 9.97 Å². The third-order valence-corrected chi connectivity index (χ3v) is 4.73. The topological polar surface area (TPSA) is 133 Å². The molecule has 0 saturated heterocycles. The predicted molar refractivity (Wildman–Crippen MR) is 117 cm³/mol. The number of nitrogens with zero attached hydrogens (tertiary/aromatic N) is 4. The monoisotopic (exact) mass is 441 g/mol. The molecule has 0 spiro atoms. The van der Waals surface area contributed by atoms with E-state index in [0.717, 1.165) is 5.56 Å². The number of aromatic carboxylic acids is 1. The van der Waals surface area contributed by atoms with Crippen molar-refractivity contribution < 1.29 is 37.9 Å². The Hall–Kier alpha value is -3.54. The van der Waals surface area contributed by atoms with Gasteiger partial charge in [-0.2, -0.15) is 0 Å². The van der Waals surface area contributed by atoms with Crippen LogP contribution in [0.4, 0.5) is 4.39 Å². The van der Waals surface area contributed by atoms with E-state index in [2.05, 4.69) is 20.3 Å². The molecule has 10 heteroatoms. The molecule has 3 aromatic rings. The van der Waals surface area contributed by atoms with E-state index in [1.165, 1.54) is 24.5 Å². The van der Waals surface area contributed by atoms with Gasteiger partial charge in [-0.05, 0) is 48.7 Å².